The van der Waals surface area contributed by atoms with E-state index in [-0.39, 0.29) is 0 Å². The molecule has 26 heavy (non-hydrogen) atoms. The summed E-state index contributed by atoms with van der Waals surface area (Å²) in [4.78, 5) is 11.7. The van der Waals surface area contributed by atoms with Gasteiger partial charge in [-0.05, 0) is 38.4 Å². The molecule has 0 atom stereocenters. The molecule has 0 N–H and O–H groups in total. The molecule has 3 aromatic rings. The molecule has 0 fully saturated rings. The summed E-state index contributed by atoms with van der Waals surface area (Å²) in [5.41, 5.74) is 2.23. The lowest BCUT2D eigenvalue weighted by Gasteiger charge is -2.20. The Labute approximate surface area is 155 Å². The molecule has 0 saturated heterocycles. The lowest BCUT2D eigenvalue weighted by atomic mass is 10.1. The standard InChI is InChI=1S/C20H29N5O/c1-6-24(12-18-22-20(26-23-18)11-14(2)3)13-19-21-16-9-7-8-10-17(16)25(19)15(4)5/h7-10,14-15H,6,11-13H2,1-5H3. The number of para-hydroxylation sites is 2. The smallest absolute Gasteiger partial charge is 0.226 e. The number of imidazole rings is 1. The normalized spacial score (nSPS) is 12.2. The van der Waals surface area contributed by atoms with Gasteiger partial charge < -0.3 is 9.09 Å². The van der Waals surface area contributed by atoms with E-state index in [4.69, 9.17) is 9.51 Å². The van der Waals surface area contributed by atoms with Gasteiger partial charge in [0.15, 0.2) is 5.82 Å². The second-order valence-corrected chi connectivity index (χ2v) is 7.49. The Morgan fingerprint density at radius 1 is 1.08 bits per heavy atom. The van der Waals surface area contributed by atoms with Crippen molar-refractivity contribution >= 4 is 11.0 Å². The van der Waals surface area contributed by atoms with Gasteiger partial charge in [-0.1, -0.05) is 38.1 Å². The minimum absolute atomic E-state index is 0.360. The quantitative estimate of drug-likeness (QED) is 0.605. The van der Waals surface area contributed by atoms with Crippen LogP contribution in [-0.2, 0) is 19.5 Å². The van der Waals surface area contributed by atoms with Crippen LogP contribution in [0.1, 0.15) is 58.2 Å². The van der Waals surface area contributed by atoms with Gasteiger partial charge in [-0.15, -0.1) is 0 Å². The molecule has 3 rings (SSSR count). The van der Waals surface area contributed by atoms with Gasteiger partial charge in [0, 0.05) is 12.5 Å². The number of nitrogens with zero attached hydrogens (tertiary/aromatic N) is 5. The first-order valence-electron chi connectivity index (χ1n) is 9.47. The molecule has 0 radical (unpaired) electrons. The van der Waals surface area contributed by atoms with Gasteiger partial charge in [-0.25, -0.2) is 4.98 Å². The molecule has 140 valence electrons. The molecule has 6 heteroatoms. The van der Waals surface area contributed by atoms with E-state index in [1.807, 2.05) is 6.07 Å². The highest BCUT2D eigenvalue weighted by molar-refractivity contribution is 5.76. The molecule has 0 bridgehead atoms. The van der Waals surface area contributed by atoms with E-state index in [1.165, 1.54) is 5.52 Å². The van der Waals surface area contributed by atoms with Crippen molar-refractivity contribution in [3.63, 3.8) is 0 Å². The molecule has 0 unspecified atom stereocenters. The molecular weight excluding hydrogens is 326 g/mol. The van der Waals surface area contributed by atoms with Crippen LogP contribution in [-0.4, -0.2) is 31.1 Å². The predicted molar refractivity (Wildman–Crippen MR) is 103 cm³/mol. The molecule has 2 aromatic heterocycles. The highest BCUT2D eigenvalue weighted by atomic mass is 16.5. The lowest BCUT2D eigenvalue weighted by Crippen LogP contribution is -2.25. The third kappa shape index (κ3) is 4.12. The van der Waals surface area contributed by atoms with Crippen LogP contribution in [0.25, 0.3) is 11.0 Å². The summed E-state index contributed by atoms with van der Waals surface area (Å²) in [6.07, 6.45) is 0.822. The number of rotatable bonds is 8. The van der Waals surface area contributed by atoms with Crippen LogP contribution in [0.5, 0.6) is 0 Å². The van der Waals surface area contributed by atoms with Gasteiger partial charge >= 0.3 is 0 Å². The predicted octanol–water partition coefficient (Wildman–Crippen LogP) is 4.22. The third-order valence-corrected chi connectivity index (χ3v) is 4.46. The second kappa shape index (κ2) is 7.99. The van der Waals surface area contributed by atoms with Gasteiger partial charge in [0.25, 0.3) is 0 Å². The van der Waals surface area contributed by atoms with Crippen molar-refractivity contribution in [1.29, 1.82) is 0 Å². The van der Waals surface area contributed by atoms with Crippen molar-refractivity contribution in [1.82, 2.24) is 24.6 Å². The molecule has 1 aromatic carbocycles. The van der Waals surface area contributed by atoms with Crippen molar-refractivity contribution in [2.75, 3.05) is 6.54 Å². The van der Waals surface area contributed by atoms with E-state index in [0.29, 0.717) is 18.5 Å². The number of hydrogen-bond acceptors (Lipinski definition) is 5. The van der Waals surface area contributed by atoms with E-state index in [1.54, 1.807) is 0 Å². The maximum Gasteiger partial charge on any atom is 0.226 e. The summed E-state index contributed by atoms with van der Waals surface area (Å²) in [7, 11) is 0. The van der Waals surface area contributed by atoms with E-state index >= 15 is 0 Å². The number of hydrogen-bond donors (Lipinski definition) is 0. The summed E-state index contributed by atoms with van der Waals surface area (Å²) >= 11 is 0. The zero-order valence-electron chi connectivity index (χ0n) is 16.4. The van der Waals surface area contributed by atoms with Crippen LogP contribution in [0.2, 0.25) is 0 Å². The van der Waals surface area contributed by atoms with E-state index < -0.39 is 0 Å². The maximum absolute atomic E-state index is 5.37. The van der Waals surface area contributed by atoms with Gasteiger partial charge in [0.1, 0.15) is 5.82 Å². The Bertz CT molecular complexity index is 849. The molecule has 0 saturated carbocycles. The summed E-state index contributed by atoms with van der Waals surface area (Å²) in [6.45, 7) is 13.2. The fraction of sp³-hybridized carbons (Fsp3) is 0.550. The highest BCUT2D eigenvalue weighted by Gasteiger charge is 2.17. The first-order chi connectivity index (χ1) is 12.5. The topological polar surface area (TPSA) is 60.0 Å². The summed E-state index contributed by atoms with van der Waals surface area (Å²) < 4.78 is 7.69. The first kappa shape index (κ1) is 18.6. The minimum atomic E-state index is 0.360. The molecule has 2 heterocycles. The monoisotopic (exact) mass is 355 g/mol. The molecule has 0 spiro atoms. The zero-order valence-corrected chi connectivity index (χ0v) is 16.4. The van der Waals surface area contributed by atoms with Crippen molar-refractivity contribution in [2.24, 2.45) is 5.92 Å². The van der Waals surface area contributed by atoms with Crippen LogP contribution in [0.3, 0.4) is 0 Å². The number of aromatic nitrogens is 4. The molecule has 0 aliphatic carbocycles. The van der Waals surface area contributed by atoms with Crippen molar-refractivity contribution in [2.45, 2.75) is 60.2 Å². The molecule has 0 aliphatic rings. The van der Waals surface area contributed by atoms with Crippen LogP contribution in [0.15, 0.2) is 28.8 Å². The lowest BCUT2D eigenvalue weighted by molar-refractivity contribution is 0.248. The summed E-state index contributed by atoms with van der Waals surface area (Å²) in [5.74, 6) is 3.06. The van der Waals surface area contributed by atoms with Crippen molar-refractivity contribution in [3.05, 3.63) is 41.8 Å². The molecule has 0 amide bonds. The van der Waals surface area contributed by atoms with Gasteiger partial charge in [-0.2, -0.15) is 4.98 Å². The second-order valence-electron chi connectivity index (χ2n) is 7.49. The molecular formula is C20H29N5O. The fourth-order valence-corrected chi connectivity index (χ4v) is 3.25. The van der Waals surface area contributed by atoms with Crippen LogP contribution >= 0.6 is 0 Å². The van der Waals surface area contributed by atoms with Crippen LogP contribution in [0.4, 0.5) is 0 Å². The SMILES string of the molecule is CCN(Cc1noc(CC(C)C)n1)Cc1nc2ccccc2n1C(C)C. The van der Waals surface area contributed by atoms with Gasteiger partial charge in [0.05, 0.1) is 24.1 Å². The minimum Gasteiger partial charge on any atom is -0.339 e. The Balaban J connectivity index is 1.79. The average molecular weight is 355 g/mol. The zero-order chi connectivity index (χ0) is 18.7. The van der Waals surface area contributed by atoms with Gasteiger partial charge in [-0.3, -0.25) is 4.90 Å². The van der Waals surface area contributed by atoms with Crippen molar-refractivity contribution in [3.8, 4) is 0 Å². The Morgan fingerprint density at radius 2 is 1.85 bits per heavy atom. The van der Waals surface area contributed by atoms with Crippen LogP contribution in [0, 0.1) is 5.92 Å². The number of fused-ring (bicyclic) bond motifs is 1. The van der Waals surface area contributed by atoms with E-state index in [9.17, 15) is 0 Å². The Kier molecular flexibility index (Phi) is 5.71. The Hall–Kier alpha value is -2.21. The van der Waals surface area contributed by atoms with Gasteiger partial charge in [0.2, 0.25) is 5.89 Å². The summed E-state index contributed by atoms with van der Waals surface area (Å²) in [5, 5.41) is 4.14. The van der Waals surface area contributed by atoms with E-state index in [0.717, 1.165) is 42.6 Å². The van der Waals surface area contributed by atoms with Crippen molar-refractivity contribution < 1.29 is 4.52 Å². The average Bonchev–Trinajstić information content (AvgIpc) is 3.17. The fourth-order valence-electron chi connectivity index (χ4n) is 3.25. The highest BCUT2D eigenvalue weighted by Crippen LogP contribution is 2.22. The molecule has 6 nitrogen and oxygen atoms in total. The first-order valence-corrected chi connectivity index (χ1v) is 9.47. The largest absolute Gasteiger partial charge is 0.339 e. The van der Waals surface area contributed by atoms with Crippen LogP contribution < -0.4 is 0 Å². The Morgan fingerprint density at radius 3 is 2.54 bits per heavy atom. The molecule has 0 aliphatic heterocycles. The summed E-state index contributed by atoms with van der Waals surface area (Å²) in [6, 6.07) is 8.68. The number of benzene rings is 1. The maximum atomic E-state index is 5.37. The third-order valence-electron chi connectivity index (χ3n) is 4.46. The van der Waals surface area contributed by atoms with E-state index in [2.05, 4.69) is 72.4 Å².